The molecule has 0 saturated heterocycles. The molecule has 35 heavy (non-hydrogen) atoms. The van der Waals surface area contributed by atoms with Gasteiger partial charge in [0.15, 0.2) is 5.78 Å². The summed E-state index contributed by atoms with van der Waals surface area (Å²) < 4.78 is 12.5. The van der Waals surface area contributed by atoms with Gasteiger partial charge >= 0.3 is 0 Å². The van der Waals surface area contributed by atoms with E-state index in [9.17, 15) is 14.0 Å². The number of nitriles is 1. The second kappa shape index (κ2) is 9.97. The van der Waals surface area contributed by atoms with Gasteiger partial charge in [-0.25, -0.2) is 4.39 Å². The highest BCUT2D eigenvalue weighted by Gasteiger charge is 2.67. The third-order valence-electron chi connectivity index (χ3n) is 5.63. The summed E-state index contributed by atoms with van der Waals surface area (Å²) in [6.45, 7) is 0. The van der Waals surface area contributed by atoms with Crippen LogP contribution in [-0.4, -0.2) is 16.0 Å². The minimum atomic E-state index is -1.36. The van der Waals surface area contributed by atoms with Crippen LogP contribution in [0.2, 0.25) is 15.1 Å². The molecule has 1 fully saturated rings. The van der Waals surface area contributed by atoms with Crippen molar-refractivity contribution in [2.45, 2.75) is 16.7 Å². The molecular formula is C25H14Cl5FN2O2. The largest absolute Gasteiger partial charge is 0.326 e. The molecule has 1 aliphatic rings. The molecule has 0 aromatic heterocycles. The van der Waals surface area contributed by atoms with E-state index in [0.29, 0.717) is 26.9 Å². The smallest absolute Gasteiger partial charge is 0.231 e. The number of Topliss-reactive ketones (excluding diaryl/α,β-unsaturated/α-hetero) is 1. The Morgan fingerprint density at radius 1 is 1.00 bits per heavy atom. The van der Waals surface area contributed by atoms with Gasteiger partial charge in [0.05, 0.1) is 16.5 Å². The Morgan fingerprint density at radius 2 is 1.69 bits per heavy atom. The lowest BCUT2D eigenvalue weighted by molar-refractivity contribution is -0.117. The van der Waals surface area contributed by atoms with Crippen molar-refractivity contribution >= 4 is 75.4 Å². The molecule has 0 radical (unpaired) electrons. The Labute approximate surface area is 225 Å². The van der Waals surface area contributed by atoms with Gasteiger partial charge in [-0.1, -0.05) is 40.9 Å². The van der Waals surface area contributed by atoms with E-state index in [1.807, 2.05) is 0 Å². The maximum atomic E-state index is 13.9. The Kier molecular flexibility index (Phi) is 7.33. The van der Waals surface area contributed by atoms with Crippen LogP contribution in [0.3, 0.4) is 0 Å². The van der Waals surface area contributed by atoms with Crippen molar-refractivity contribution in [1.29, 1.82) is 5.26 Å². The number of nitrogens with zero attached hydrogens (tertiary/aromatic N) is 1. The van der Waals surface area contributed by atoms with Gasteiger partial charge in [0, 0.05) is 33.6 Å². The van der Waals surface area contributed by atoms with Crippen LogP contribution in [-0.2, 0) is 11.2 Å². The first-order valence-electron chi connectivity index (χ1n) is 10.2. The van der Waals surface area contributed by atoms with Crippen molar-refractivity contribution in [3.63, 3.8) is 0 Å². The Hall–Kier alpha value is -2.33. The van der Waals surface area contributed by atoms with Gasteiger partial charge in [-0.2, -0.15) is 5.26 Å². The number of rotatable bonds is 6. The fraction of sp³-hybridized carbons (Fsp3) is 0.160. The average Bonchev–Trinajstić information content (AvgIpc) is 3.36. The SMILES string of the molecule is N#Cc1ccc(CC(=O)c2cc(NC(=O)C3C(c4cc(Cl)cc(Cl)c4)C3(Cl)Cl)ccc2Cl)cc1F. The van der Waals surface area contributed by atoms with Crippen LogP contribution in [0.5, 0.6) is 0 Å². The van der Waals surface area contributed by atoms with Crippen molar-refractivity contribution in [1.82, 2.24) is 0 Å². The number of hydrogen-bond donors (Lipinski definition) is 1. The third-order valence-corrected chi connectivity index (χ3v) is 7.34. The molecule has 0 aliphatic heterocycles. The molecule has 0 bridgehead atoms. The molecule has 1 aliphatic carbocycles. The number of nitrogens with one attached hydrogen (secondary N) is 1. The van der Waals surface area contributed by atoms with E-state index in [1.54, 1.807) is 24.3 Å². The zero-order valence-electron chi connectivity index (χ0n) is 17.6. The molecule has 178 valence electrons. The number of alkyl halides is 2. The number of hydrogen-bond acceptors (Lipinski definition) is 3. The van der Waals surface area contributed by atoms with E-state index in [2.05, 4.69) is 5.32 Å². The van der Waals surface area contributed by atoms with Crippen molar-refractivity contribution in [3.8, 4) is 6.07 Å². The van der Waals surface area contributed by atoms with Gasteiger partial charge < -0.3 is 5.32 Å². The molecule has 1 saturated carbocycles. The molecule has 2 atom stereocenters. The summed E-state index contributed by atoms with van der Waals surface area (Å²) >= 11 is 31.1. The lowest BCUT2D eigenvalue weighted by Gasteiger charge is -2.10. The number of benzene rings is 3. The number of halogens is 6. The van der Waals surface area contributed by atoms with E-state index in [0.717, 1.165) is 6.07 Å². The molecular weight excluding hydrogens is 557 g/mol. The van der Waals surface area contributed by atoms with Crippen LogP contribution < -0.4 is 5.32 Å². The molecule has 10 heteroatoms. The first-order valence-corrected chi connectivity index (χ1v) is 12.1. The first kappa shape index (κ1) is 25.8. The highest BCUT2D eigenvalue weighted by Crippen LogP contribution is 2.65. The number of carbonyl (C=O) groups is 2. The van der Waals surface area contributed by atoms with Crippen molar-refractivity contribution in [2.24, 2.45) is 5.92 Å². The Balaban J connectivity index is 1.51. The van der Waals surface area contributed by atoms with Crippen molar-refractivity contribution in [2.75, 3.05) is 5.32 Å². The second-order valence-corrected chi connectivity index (χ2v) is 10.8. The number of ketones is 1. The predicted molar refractivity (Wildman–Crippen MR) is 136 cm³/mol. The minimum absolute atomic E-state index is 0.114. The monoisotopic (exact) mass is 568 g/mol. The maximum absolute atomic E-state index is 13.9. The van der Waals surface area contributed by atoms with Crippen LogP contribution in [0.15, 0.2) is 54.6 Å². The van der Waals surface area contributed by atoms with Gasteiger partial charge in [0.2, 0.25) is 5.91 Å². The topological polar surface area (TPSA) is 70.0 Å². The Bertz CT molecular complexity index is 1380. The van der Waals surface area contributed by atoms with E-state index in [1.165, 1.54) is 30.3 Å². The summed E-state index contributed by atoms with van der Waals surface area (Å²) in [6.07, 6.45) is -0.146. The second-order valence-electron chi connectivity index (χ2n) is 8.04. The summed E-state index contributed by atoms with van der Waals surface area (Å²) in [7, 11) is 0. The first-order chi connectivity index (χ1) is 16.5. The van der Waals surface area contributed by atoms with Gasteiger partial charge in [0.25, 0.3) is 0 Å². The summed E-state index contributed by atoms with van der Waals surface area (Å²) in [5.41, 5.74) is 1.36. The highest BCUT2D eigenvalue weighted by atomic mass is 35.5. The van der Waals surface area contributed by atoms with Crippen LogP contribution >= 0.6 is 58.0 Å². The van der Waals surface area contributed by atoms with Crippen LogP contribution in [0.4, 0.5) is 10.1 Å². The molecule has 2 unspecified atom stereocenters. The molecule has 4 nitrogen and oxygen atoms in total. The number of carbonyl (C=O) groups excluding carboxylic acids is 2. The minimum Gasteiger partial charge on any atom is -0.326 e. The fourth-order valence-corrected chi connectivity index (χ4v) is 5.49. The molecule has 1 N–H and O–H groups in total. The van der Waals surface area contributed by atoms with Crippen LogP contribution in [0, 0.1) is 23.1 Å². The molecule has 3 aromatic carbocycles. The molecule has 3 aromatic rings. The third kappa shape index (κ3) is 5.43. The maximum Gasteiger partial charge on any atom is 0.231 e. The van der Waals surface area contributed by atoms with Crippen LogP contribution in [0.1, 0.15) is 33.0 Å². The summed E-state index contributed by atoms with van der Waals surface area (Å²) in [4.78, 5) is 25.8. The zero-order chi connectivity index (χ0) is 25.5. The lowest BCUT2D eigenvalue weighted by Crippen LogP contribution is -2.17. The predicted octanol–water partition coefficient (Wildman–Crippen LogP) is 7.61. The lowest BCUT2D eigenvalue weighted by atomic mass is 10.0. The quantitative estimate of drug-likeness (QED) is 0.245. The van der Waals surface area contributed by atoms with Gasteiger partial charge in [0.1, 0.15) is 16.2 Å². The molecule has 0 heterocycles. The number of amides is 1. The Morgan fingerprint density at radius 3 is 2.31 bits per heavy atom. The fourth-order valence-electron chi connectivity index (χ4n) is 3.90. The van der Waals surface area contributed by atoms with E-state index >= 15 is 0 Å². The standard InChI is InChI=1S/C25H14Cl5FN2O2/c26-15-7-14(8-16(27)9-15)22-23(25(22,29)30)24(35)33-17-3-4-19(28)18(10-17)21(34)6-12-1-2-13(11-32)20(31)5-12/h1-5,7-10,22-23H,6H2,(H,33,35). The van der Waals surface area contributed by atoms with Crippen molar-refractivity contribution < 1.29 is 14.0 Å². The number of anilines is 1. The molecule has 0 spiro atoms. The normalized spacial score (nSPS) is 18.0. The van der Waals surface area contributed by atoms with E-state index < -0.39 is 33.7 Å². The summed E-state index contributed by atoms with van der Waals surface area (Å²) in [5.74, 6) is -2.86. The van der Waals surface area contributed by atoms with Gasteiger partial charge in [-0.05, 0) is 59.7 Å². The van der Waals surface area contributed by atoms with Crippen LogP contribution in [0.25, 0.3) is 0 Å². The van der Waals surface area contributed by atoms with Crippen molar-refractivity contribution in [3.05, 3.63) is 97.7 Å². The molecule has 1 amide bonds. The summed E-state index contributed by atoms with van der Waals surface area (Å²) in [6, 6.07) is 15.0. The summed E-state index contributed by atoms with van der Waals surface area (Å²) in [5, 5.41) is 12.5. The molecule has 4 rings (SSSR count). The van der Waals surface area contributed by atoms with Gasteiger partial charge in [-0.3, -0.25) is 9.59 Å². The van der Waals surface area contributed by atoms with Gasteiger partial charge in [-0.15, -0.1) is 23.2 Å². The highest BCUT2D eigenvalue weighted by molar-refractivity contribution is 6.53. The van der Waals surface area contributed by atoms with E-state index in [-0.39, 0.29) is 22.6 Å². The average molecular weight is 571 g/mol. The van der Waals surface area contributed by atoms with E-state index in [4.69, 9.17) is 63.3 Å². The zero-order valence-corrected chi connectivity index (χ0v) is 21.4.